The quantitative estimate of drug-likeness (QED) is 0.208. The molecule has 0 aliphatic carbocycles. The van der Waals surface area contributed by atoms with Crippen LogP contribution in [0.2, 0.25) is 0 Å². The van der Waals surface area contributed by atoms with Gasteiger partial charge in [-0.2, -0.15) is 23.3 Å². The molecule has 11 nitrogen and oxygen atoms in total. The van der Waals surface area contributed by atoms with Crippen LogP contribution in [0.4, 0.5) is 29.3 Å². The normalized spacial score (nSPS) is 11.3. The predicted octanol–water partition coefficient (Wildman–Crippen LogP) is 6.71. The molecule has 0 aliphatic rings. The van der Waals surface area contributed by atoms with Crippen LogP contribution in [0.3, 0.4) is 0 Å². The fourth-order valence-corrected chi connectivity index (χ4v) is 4.29. The first kappa shape index (κ1) is 28.1. The van der Waals surface area contributed by atoms with Crippen molar-refractivity contribution in [2.45, 2.75) is 6.18 Å². The Morgan fingerprint density at radius 3 is 2.39 bits per heavy atom. The highest BCUT2D eigenvalue weighted by atomic mass is 19.4. The molecule has 0 radical (unpaired) electrons. The zero-order valence-corrected chi connectivity index (χ0v) is 22.8. The van der Waals surface area contributed by atoms with Crippen LogP contribution in [-0.4, -0.2) is 42.7 Å². The number of amides is 2. The van der Waals surface area contributed by atoms with Crippen LogP contribution in [0.5, 0.6) is 17.6 Å². The number of carbonyl (C=O) groups excluding carboxylic acids is 1. The van der Waals surface area contributed by atoms with Gasteiger partial charge in [0.15, 0.2) is 5.65 Å². The number of nitrogens with zero attached hydrogens (tertiary/aromatic N) is 6. The fourth-order valence-electron chi connectivity index (χ4n) is 4.29. The van der Waals surface area contributed by atoms with Crippen molar-refractivity contribution in [1.29, 1.82) is 0 Å². The van der Waals surface area contributed by atoms with Gasteiger partial charge in [-0.15, -0.1) is 0 Å². The summed E-state index contributed by atoms with van der Waals surface area (Å²) in [6.45, 7) is 0. The van der Waals surface area contributed by atoms with Crippen molar-refractivity contribution in [3.8, 4) is 39.9 Å². The van der Waals surface area contributed by atoms with E-state index in [1.165, 1.54) is 30.9 Å². The number of aromatic nitrogens is 6. The molecule has 2 N–H and O–H groups in total. The fraction of sp³-hybridized carbons (Fsp3) is 0.0667. The standard InChI is InChI=1S/C30H21F3N8O3/c1-43-26-10-12-41-27(40-26)24(17-37-41)18-4-7-22(8-5-18)44-29-35-15-21(16-36-29)38-28(42)39-25-13-20(30(31,32)33)6-9-23(25)19-3-2-11-34-14-19/h2-17H,1H3,(H2,38,39,42). The number of hydrogen-bond acceptors (Lipinski definition) is 8. The van der Waals surface area contributed by atoms with Gasteiger partial charge < -0.3 is 20.1 Å². The van der Waals surface area contributed by atoms with Gasteiger partial charge in [0.1, 0.15) is 5.75 Å². The van der Waals surface area contributed by atoms with Gasteiger partial charge in [0.25, 0.3) is 0 Å². The summed E-state index contributed by atoms with van der Waals surface area (Å²) < 4.78 is 52.7. The van der Waals surface area contributed by atoms with E-state index in [9.17, 15) is 18.0 Å². The van der Waals surface area contributed by atoms with Crippen LogP contribution in [0.25, 0.3) is 27.9 Å². The molecule has 2 amide bonds. The molecule has 6 aromatic rings. The predicted molar refractivity (Wildman–Crippen MR) is 154 cm³/mol. The number of hydrogen-bond donors (Lipinski definition) is 2. The maximum atomic E-state index is 13.4. The SMILES string of the molecule is COc1ccn2ncc(-c3ccc(Oc4ncc(NC(=O)Nc5cc(C(F)(F)F)ccc5-c5cccnc5)cn4)cc3)c2n1. The van der Waals surface area contributed by atoms with E-state index in [-0.39, 0.29) is 17.4 Å². The molecule has 4 aromatic heterocycles. The van der Waals surface area contributed by atoms with E-state index in [1.54, 1.807) is 54.4 Å². The highest BCUT2D eigenvalue weighted by molar-refractivity contribution is 6.02. The van der Waals surface area contributed by atoms with Crippen LogP contribution in [0.1, 0.15) is 5.56 Å². The number of anilines is 2. The minimum atomic E-state index is -4.59. The first-order chi connectivity index (χ1) is 21.3. The summed E-state index contributed by atoms with van der Waals surface area (Å²) >= 11 is 0. The zero-order chi connectivity index (χ0) is 30.7. The second-order valence-corrected chi connectivity index (χ2v) is 9.26. The lowest BCUT2D eigenvalue weighted by atomic mass is 10.0. The number of fused-ring (bicyclic) bond motifs is 1. The van der Waals surface area contributed by atoms with Crippen LogP contribution in [-0.2, 0) is 6.18 Å². The molecule has 0 atom stereocenters. The van der Waals surface area contributed by atoms with Crippen molar-refractivity contribution >= 4 is 23.1 Å². The minimum absolute atomic E-state index is 0.0165. The van der Waals surface area contributed by atoms with E-state index in [0.717, 1.165) is 23.3 Å². The summed E-state index contributed by atoms with van der Waals surface area (Å²) in [5, 5.41) is 9.30. The third kappa shape index (κ3) is 6.09. The Labute approximate surface area is 247 Å². The Hall–Kier alpha value is -6.05. The number of alkyl halides is 3. The summed E-state index contributed by atoms with van der Waals surface area (Å²) in [7, 11) is 1.54. The summed E-state index contributed by atoms with van der Waals surface area (Å²) in [6.07, 6.45) is 4.51. The molecular weight excluding hydrogens is 577 g/mol. The molecule has 0 spiro atoms. The van der Waals surface area contributed by atoms with E-state index in [4.69, 9.17) is 9.47 Å². The first-order valence-corrected chi connectivity index (χ1v) is 13.0. The second-order valence-electron chi connectivity index (χ2n) is 9.26. The Kier molecular flexibility index (Phi) is 7.45. The van der Waals surface area contributed by atoms with Crippen LogP contribution in [0, 0.1) is 0 Å². The third-order valence-corrected chi connectivity index (χ3v) is 6.38. The average molecular weight is 599 g/mol. The summed E-state index contributed by atoms with van der Waals surface area (Å²) in [5.41, 5.74) is 2.42. The molecule has 0 aliphatic heterocycles. The molecule has 6 rings (SSSR count). The van der Waals surface area contributed by atoms with Gasteiger partial charge in [-0.1, -0.05) is 24.3 Å². The Bertz CT molecular complexity index is 1930. The van der Waals surface area contributed by atoms with Crippen molar-refractivity contribution in [1.82, 2.24) is 29.5 Å². The van der Waals surface area contributed by atoms with Crippen molar-refractivity contribution in [3.63, 3.8) is 0 Å². The van der Waals surface area contributed by atoms with E-state index in [1.807, 2.05) is 12.1 Å². The van der Waals surface area contributed by atoms with Crippen molar-refractivity contribution in [3.05, 3.63) is 103 Å². The molecule has 220 valence electrons. The van der Waals surface area contributed by atoms with E-state index in [0.29, 0.717) is 28.4 Å². The number of urea groups is 1. The summed E-state index contributed by atoms with van der Waals surface area (Å²) in [6, 6.07) is 14.5. The zero-order valence-electron chi connectivity index (χ0n) is 22.8. The van der Waals surface area contributed by atoms with Gasteiger partial charge in [-0.3, -0.25) is 4.98 Å². The Morgan fingerprint density at radius 1 is 0.886 bits per heavy atom. The molecular formula is C30H21F3N8O3. The van der Waals surface area contributed by atoms with Gasteiger partial charge in [-0.05, 0) is 35.9 Å². The first-order valence-electron chi connectivity index (χ1n) is 13.0. The van der Waals surface area contributed by atoms with Gasteiger partial charge in [0, 0.05) is 41.3 Å². The maximum Gasteiger partial charge on any atom is 0.416 e. The minimum Gasteiger partial charge on any atom is -0.481 e. The number of ether oxygens (including phenoxy) is 2. The number of nitrogens with one attached hydrogen (secondary N) is 2. The molecule has 4 heterocycles. The number of halogens is 3. The molecule has 0 saturated heterocycles. The highest BCUT2D eigenvalue weighted by Gasteiger charge is 2.31. The number of pyridine rings is 1. The Balaban J connectivity index is 1.12. The van der Waals surface area contributed by atoms with Crippen LogP contribution < -0.4 is 20.1 Å². The van der Waals surface area contributed by atoms with Crippen molar-refractivity contribution in [2.75, 3.05) is 17.7 Å². The van der Waals surface area contributed by atoms with E-state index >= 15 is 0 Å². The number of methoxy groups -OCH3 is 1. The smallest absolute Gasteiger partial charge is 0.416 e. The van der Waals surface area contributed by atoms with Gasteiger partial charge in [0.2, 0.25) is 5.88 Å². The average Bonchev–Trinajstić information content (AvgIpc) is 3.45. The lowest BCUT2D eigenvalue weighted by Gasteiger charge is -2.15. The Morgan fingerprint density at radius 2 is 1.68 bits per heavy atom. The van der Waals surface area contributed by atoms with Gasteiger partial charge in [-0.25, -0.2) is 19.3 Å². The molecule has 0 bridgehead atoms. The van der Waals surface area contributed by atoms with Gasteiger partial charge in [0.05, 0.1) is 42.6 Å². The molecule has 14 heteroatoms. The summed E-state index contributed by atoms with van der Waals surface area (Å²) in [4.78, 5) is 29.4. The molecule has 0 unspecified atom stereocenters. The highest BCUT2D eigenvalue weighted by Crippen LogP contribution is 2.36. The molecule has 0 saturated carbocycles. The number of benzene rings is 2. The lowest BCUT2D eigenvalue weighted by molar-refractivity contribution is -0.137. The molecule has 44 heavy (non-hydrogen) atoms. The molecule has 2 aromatic carbocycles. The lowest BCUT2D eigenvalue weighted by Crippen LogP contribution is -2.20. The van der Waals surface area contributed by atoms with E-state index in [2.05, 4.69) is 35.7 Å². The van der Waals surface area contributed by atoms with Crippen molar-refractivity contribution < 1.29 is 27.4 Å². The monoisotopic (exact) mass is 598 g/mol. The van der Waals surface area contributed by atoms with Crippen LogP contribution in [0.15, 0.2) is 97.8 Å². The summed E-state index contributed by atoms with van der Waals surface area (Å²) in [5.74, 6) is 0.929. The van der Waals surface area contributed by atoms with Gasteiger partial charge >= 0.3 is 18.2 Å². The number of carbonyl (C=O) groups is 1. The van der Waals surface area contributed by atoms with Crippen molar-refractivity contribution in [2.24, 2.45) is 0 Å². The van der Waals surface area contributed by atoms with Crippen LogP contribution >= 0.6 is 0 Å². The molecule has 0 fully saturated rings. The topological polar surface area (TPSA) is 128 Å². The van der Waals surface area contributed by atoms with E-state index < -0.39 is 17.8 Å². The second kappa shape index (κ2) is 11.7. The third-order valence-electron chi connectivity index (χ3n) is 6.38. The number of rotatable bonds is 7. The maximum absolute atomic E-state index is 13.4. The largest absolute Gasteiger partial charge is 0.481 e.